The number of amides is 1. The molecule has 20 heavy (non-hydrogen) atoms. The molecule has 0 bridgehead atoms. The number of carbonyl (C=O) groups is 2. The maximum atomic E-state index is 12.5. The second-order valence-electron chi connectivity index (χ2n) is 7.46. The number of carboxylic acids is 1. The predicted molar refractivity (Wildman–Crippen MR) is 77.3 cm³/mol. The Hall–Kier alpha value is -1.06. The summed E-state index contributed by atoms with van der Waals surface area (Å²) in [5.41, 5.74) is -0.505. The largest absolute Gasteiger partial charge is 0.480 e. The lowest BCUT2D eigenvalue weighted by Crippen LogP contribution is -2.45. The highest BCUT2D eigenvalue weighted by molar-refractivity contribution is 5.87. The standard InChI is InChI=1S/C16H27NO3/c1-16(2,3)15(20)17-10-12(9-13(17)14(18)19)11-7-5-4-6-8-11/h11-13H,4-10H2,1-3H3,(H,18,19)/t12-,13+/m1/s1. The van der Waals surface area contributed by atoms with Crippen LogP contribution in [0.5, 0.6) is 0 Å². The number of nitrogens with zero attached hydrogens (tertiary/aromatic N) is 1. The molecule has 2 atom stereocenters. The maximum Gasteiger partial charge on any atom is 0.326 e. The monoisotopic (exact) mass is 281 g/mol. The van der Waals surface area contributed by atoms with Crippen molar-refractivity contribution in [1.29, 1.82) is 0 Å². The smallest absolute Gasteiger partial charge is 0.326 e. The highest BCUT2D eigenvalue weighted by Gasteiger charge is 2.44. The van der Waals surface area contributed by atoms with Gasteiger partial charge < -0.3 is 10.0 Å². The molecule has 0 radical (unpaired) electrons. The van der Waals surface area contributed by atoms with Crippen LogP contribution in [0.3, 0.4) is 0 Å². The maximum absolute atomic E-state index is 12.5. The summed E-state index contributed by atoms with van der Waals surface area (Å²) in [5, 5.41) is 9.42. The Bertz CT molecular complexity index is 380. The third kappa shape index (κ3) is 3.15. The van der Waals surface area contributed by atoms with Gasteiger partial charge in [-0.3, -0.25) is 4.79 Å². The molecule has 4 nitrogen and oxygen atoms in total. The third-order valence-corrected chi connectivity index (χ3v) is 4.84. The molecule has 4 heteroatoms. The van der Waals surface area contributed by atoms with Crippen molar-refractivity contribution < 1.29 is 14.7 Å². The number of likely N-dealkylation sites (tertiary alicyclic amines) is 1. The van der Waals surface area contributed by atoms with E-state index in [2.05, 4.69) is 0 Å². The Morgan fingerprint density at radius 1 is 1.05 bits per heavy atom. The second-order valence-corrected chi connectivity index (χ2v) is 7.46. The lowest BCUT2D eigenvalue weighted by atomic mass is 9.79. The van der Waals surface area contributed by atoms with E-state index in [0.29, 0.717) is 24.8 Å². The van der Waals surface area contributed by atoms with Crippen molar-refractivity contribution >= 4 is 11.9 Å². The fourth-order valence-corrected chi connectivity index (χ4v) is 3.70. The molecule has 0 aromatic heterocycles. The number of carboxylic acid groups (broad SMARTS) is 1. The molecule has 1 saturated heterocycles. The first-order valence-corrected chi connectivity index (χ1v) is 7.84. The molecular formula is C16H27NO3. The molecule has 0 unspecified atom stereocenters. The van der Waals surface area contributed by atoms with Gasteiger partial charge in [0.15, 0.2) is 0 Å². The zero-order valence-electron chi connectivity index (χ0n) is 12.9. The minimum absolute atomic E-state index is 0.0248. The van der Waals surface area contributed by atoms with Crippen LogP contribution >= 0.6 is 0 Å². The predicted octanol–water partition coefficient (Wildman–Crippen LogP) is 2.91. The molecule has 1 saturated carbocycles. The molecule has 2 aliphatic rings. The average molecular weight is 281 g/mol. The van der Waals surface area contributed by atoms with Crippen LogP contribution in [0.15, 0.2) is 0 Å². The van der Waals surface area contributed by atoms with Crippen LogP contribution in [-0.4, -0.2) is 34.5 Å². The fourth-order valence-electron chi connectivity index (χ4n) is 3.70. The first-order chi connectivity index (χ1) is 9.30. The molecule has 0 aromatic rings. The van der Waals surface area contributed by atoms with Gasteiger partial charge in [0.2, 0.25) is 5.91 Å². The van der Waals surface area contributed by atoms with Gasteiger partial charge in [0.1, 0.15) is 6.04 Å². The highest BCUT2D eigenvalue weighted by atomic mass is 16.4. The van der Waals surface area contributed by atoms with Crippen molar-refractivity contribution in [2.75, 3.05) is 6.54 Å². The molecule has 2 fully saturated rings. The van der Waals surface area contributed by atoms with Gasteiger partial charge in [-0.25, -0.2) is 4.79 Å². The Morgan fingerprint density at radius 2 is 1.65 bits per heavy atom. The molecule has 1 heterocycles. The Kier molecular flexibility index (Phi) is 4.40. The van der Waals surface area contributed by atoms with Gasteiger partial charge in [-0.05, 0) is 18.3 Å². The molecule has 1 aliphatic carbocycles. The van der Waals surface area contributed by atoms with Crippen molar-refractivity contribution in [3.05, 3.63) is 0 Å². The average Bonchev–Trinajstić information content (AvgIpc) is 2.82. The summed E-state index contributed by atoms with van der Waals surface area (Å²) in [5.74, 6) is 0.121. The normalized spacial score (nSPS) is 28.6. The van der Waals surface area contributed by atoms with E-state index in [4.69, 9.17) is 0 Å². The quantitative estimate of drug-likeness (QED) is 0.846. The third-order valence-electron chi connectivity index (χ3n) is 4.84. The molecular weight excluding hydrogens is 254 g/mol. The van der Waals surface area contributed by atoms with Gasteiger partial charge in [0.05, 0.1) is 0 Å². The molecule has 0 spiro atoms. The zero-order valence-corrected chi connectivity index (χ0v) is 12.9. The van der Waals surface area contributed by atoms with Crippen LogP contribution < -0.4 is 0 Å². The van der Waals surface area contributed by atoms with Gasteiger partial charge in [-0.2, -0.15) is 0 Å². The van der Waals surface area contributed by atoms with Crippen LogP contribution in [0.4, 0.5) is 0 Å². The lowest BCUT2D eigenvalue weighted by Gasteiger charge is -2.30. The first kappa shape index (κ1) is 15.3. The van der Waals surface area contributed by atoms with Crippen LogP contribution in [0, 0.1) is 17.3 Å². The van der Waals surface area contributed by atoms with Crippen molar-refractivity contribution in [2.24, 2.45) is 17.3 Å². The number of carbonyl (C=O) groups excluding carboxylic acids is 1. The van der Waals surface area contributed by atoms with Gasteiger partial charge >= 0.3 is 5.97 Å². The number of rotatable bonds is 2. The summed E-state index contributed by atoms with van der Waals surface area (Å²) in [6, 6.07) is -0.617. The van der Waals surface area contributed by atoms with Crippen molar-refractivity contribution in [2.45, 2.75) is 65.3 Å². The highest BCUT2D eigenvalue weighted by Crippen LogP contribution is 2.38. The van der Waals surface area contributed by atoms with Crippen molar-refractivity contribution in [1.82, 2.24) is 4.90 Å². The Labute approximate surface area is 121 Å². The lowest BCUT2D eigenvalue weighted by molar-refractivity contribution is -0.151. The van der Waals surface area contributed by atoms with E-state index < -0.39 is 17.4 Å². The number of hydrogen-bond donors (Lipinski definition) is 1. The molecule has 1 amide bonds. The topological polar surface area (TPSA) is 57.6 Å². The molecule has 2 rings (SSSR count). The molecule has 0 aromatic carbocycles. The van der Waals surface area contributed by atoms with Gasteiger partial charge in [0.25, 0.3) is 0 Å². The number of aliphatic carboxylic acids is 1. The summed E-state index contributed by atoms with van der Waals surface area (Å²) < 4.78 is 0. The van der Waals surface area contributed by atoms with E-state index >= 15 is 0 Å². The van der Waals surface area contributed by atoms with E-state index in [1.54, 1.807) is 4.90 Å². The first-order valence-electron chi connectivity index (χ1n) is 7.84. The van der Waals surface area contributed by atoms with Crippen LogP contribution in [-0.2, 0) is 9.59 Å². The minimum Gasteiger partial charge on any atom is -0.480 e. The zero-order chi connectivity index (χ0) is 14.9. The van der Waals surface area contributed by atoms with E-state index in [1.165, 1.54) is 32.1 Å². The van der Waals surface area contributed by atoms with Gasteiger partial charge in [-0.15, -0.1) is 0 Å². The molecule has 114 valence electrons. The van der Waals surface area contributed by atoms with Crippen molar-refractivity contribution in [3.8, 4) is 0 Å². The summed E-state index contributed by atoms with van der Waals surface area (Å²) in [6.07, 6.45) is 6.86. The summed E-state index contributed by atoms with van der Waals surface area (Å²) in [7, 11) is 0. The summed E-state index contributed by atoms with van der Waals surface area (Å²) in [4.78, 5) is 25.6. The van der Waals surface area contributed by atoms with Crippen LogP contribution in [0.2, 0.25) is 0 Å². The second kappa shape index (κ2) is 5.74. The molecule has 1 N–H and O–H groups in total. The van der Waals surface area contributed by atoms with Crippen LogP contribution in [0.1, 0.15) is 59.3 Å². The Balaban J connectivity index is 2.10. The fraction of sp³-hybridized carbons (Fsp3) is 0.875. The SMILES string of the molecule is CC(C)(C)C(=O)N1C[C@H](C2CCCCC2)C[C@H]1C(=O)O. The summed E-state index contributed by atoms with van der Waals surface area (Å²) >= 11 is 0. The van der Waals surface area contributed by atoms with Crippen molar-refractivity contribution in [3.63, 3.8) is 0 Å². The van der Waals surface area contributed by atoms with Gasteiger partial charge in [0, 0.05) is 12.0 Å². The van der Waals surface area contributed by atoms with Crippen LogP contribution in [0.25, 0.3) is 0 Å². The molecule has 1 aliphatic heterocycles. The van der Waals surface area contributed by atoms with Gasteiger partial charge in [-0.1, -0.05) is 52.9 Å². The van der Waals surface area contributed by atoms with E-state index in [1.807, 2.05) is 20.8 Å². The number of hydrogen-bond acceptors (Lipinski definition) is 2. The summed E-state index contributed by atoms with van der Waals surface area (Å²) in [6.45, 7) is 6.23. The Morgan fingerprint density at radius 3 is 2.15 bits per heavy atom. The van der Waals surface area contributed by atoms with E-state index in [0.717, 1.165) is 0 Å². The van der Waals surface area contributed by atoms with E-state index in [-0.39, 0.29) is 5.91 Å². The minimum atomic E-state index is -0.846. The van der Waals surface area contributed by atoms with E-state index in [9.17, 15) is 14.7 Å².